The zero-order valence-electron chi connectivity index (χ0n) is 7.22. The van der Waals surface area contributed by atoms with Crippen LogP contribution in [0.15, 0.2) is 23.4 Å². The molecule has 2 rings (SSSR count). The summed E-state index contributed by atoms with van der Waals surface area (Å²) in [7, 11) is 0. The molecule has 0 N–H and O–H groups in total. The normalized spacial score (nSPS) is 20.2. The fourth-order valence-electron chi connectivity index (χ4n) is 1.76. The summed E-state index contributed by atoms with van der Waals surface area (Å²) in [6.45, 7) is 0. The van der Waals surface area contributed by atoms with Gasteiger partial charge in [-0.25, -0.2) is 0 Å². The number of rotatable bonds is 1. The molecule has 0 saturated carbocycles. The van der Waals surface area contributed by atoms with E-state index in [0.29, 0.717) is 0 Å². The number of azide groups is 1. The average Bonchev–Trinajstić information content (AvgIpc) is 2.19. The molecule has 13 heavy (non-hydrogen) atoms. The molecule has 1 aromatic heterocycles. The van der Waals surface area contributed by atoms with Gasteiger partial charge in [0.1, 0.15) is 0 Å². The van der Waals surface area contributed by atoms with Crippen molar-refractivity contribution in [2.75, 3.05) is 0 Å². The van der Waals surface area contributed by atoms with Crippen molar-refractivity contribution in [2.45, 2.75) is 25.3 Å². The monoisotopic (exact) mass is 174 g/mol. The molecule has 0 aliphatic heterocycles. The molecule has 1 atom stereocenters. The highest BCUT2D eigenvalue weighted by Crippen LogP contribution is 2.30. The van der Waals surface area contributed by atoms with Crippen molar-refractivity contribution in [3.63, 3.8) is 0 Å². The van der Waals surface area contributed by atoms with Gasteiger partial charge < -0.3 is 0 Å². The predicted octanol–water partition coefficient (Wildman–Crippen LogP) is 2.77. The van der Waals surface area contributed by atoms with E-state index in [0.717, 1.165) is 30.5 Å². The molecule has 1 aliphatic carbocycles. The number of aromatic nitrogens is 1. The van der Waals surface area contributed by atoms with Gasteiger partial charge in [0.2, 0.25) is 0 Å². The Bertz CT molecular complexity index is 354. The van der Waals surface area contributed by atoms with Crippen LogP contribution in [0.25, 0.3) is 10.4 Å². The Kier molecular flexibility index (Phi) is 2.15. The zero-order valence-corrected chi connectivity index (χ0v) is 7.22. The predicted molar refractivity (Wildman–Crippen MR) is 49.1 cm³/mol. The van der Waals surface area contributed by atoms with Crippen molar-refractivity contribution in [1.29, 1.82) is 0 Å². The second-order valence-electron chi connectivity index (χ2n) is 3.15. The standard InChI is InChI=1S/C9H10N4/c10-13-12-9-5-1-4-8-7(9)3-2-6-11-8/h2-3,6,9H,1,4-5H2/t9-/m1/s1. The Morgan fingerprint density at radius 3 is 3.38 bits per heavy atom. The van der Waals surface area contributed by atoms with Gasteiger partial charge >= 0.3 is 0 Å². The second-order valence-corrected chi connectivity index (χ2v) is 3.15. The molecule has 0 fully saturated rings. The fourth-order valence-corrected chi connectivity index (χ4v) is 1.76. The molecule has 4 heteroatoms. The van der Waals surface area contributed by atoms with Crippen LogP contribution in [-0.2, 0) is 6.42 Å². The van der Waals surface area contributed by atoms with Crippen LogP contribution in [0.5, 0.6) is 0 Å². The highest BCUT2D eigenvalue weighted by Gasteiger charge is 2.18. The molecule has 1 aliphatic rings. The van der Waals surface area contributed by atoms with Gasteiger partial charge in [-0.2, -0.15) is 0 Å². The van der Waals surface area contributed by atoms with Gasteiger partial charge in [0.15, 0.2) is 0 Å². The van der Waals surface area contributed by atoms with Gasteiger partial charge in [0.05, 0.1) is 6.04 Å². The summed E-state index contributed by atoms with van der Waals surface area (Å²) in [6.07, 6.45) is 4.81. The Morgan fingerprint density at radius 2 is 2.54 bits per heavy atom. The Balaban J connectivity index is 2.42. The second kappa shape index (κ2) is 3.46. The molecule has 0 aromatic carbocycles. The molecule has 0 spiro atoms. The van der Waals surface area contributed by atoms with Crippen LogP contribution in [0.4, 0.5) is 0 Å². The number of fused-ring (bicyclic) bond motifs is 1. The topological polar surface area (TPSA) is 61.7 Å². The largest absolute Gasteiger partial charge is 0.261 e. The van der Waals surface area contributed by atoms with Crippen molar-refractivity contribution < 1.29 is 0 Å². The lowest BCUT2D eigenvalue weighted by Crippen LogP contribution is -2.08. The lowest BCUT2D eigenvalue weighted by atomic mass is 9.92. The van der Waals surface area contributed by atoms with Crippen LogP contribution < -0.4 is 0 Å². The third-order valence-electron chi connectivity index (χ3n) is 2.37. The van der Waals surface area contributed by atoms with Crippen LogP contribution in [-0.4, -0.2) is 4.98 Å². The van der Waals surface area contributed by atoms with E-state index in [-0.39, 0.29) is 6.04 Å². The maximum Gasteiger partial charge on any atom is 0.0643 e. The molecule has 0 unspecified atom stereocenters. The van der Waals surface area contributed by atoms with E-state index in [4.69, 9.17) is 5.53 Å². The van der Waals surface area contributed by atoms with E-state index in [9.17, 15) is 0 Å². The van der Waals surface area contributed by atoms with Gasteiger partial charge in [-0.15, -0.1) is 0 Å². The number of aryl methyl sites for hydroxylation is 1. The first-order chi connectivity index (χ1) is 6.42. The molecule has 1 heterocycles. The molecule has 0 amide bonds. The Morgan fingerprint density at radius 1 is 1.62 bits per heavy atom. The molecular weight excluding hydrogens is 164 g/mol. The zero-order chi connectivity index (χ0) is 9.10. The third kappa shape index (κ3) is 1.48. The first-order valence-electron chi connectivity index (χ1n) is 4.40. The minimum absolute atomic E-state index is 0.00227. The van der Waals surface area contributed by atoms with Crippen molar-refractivity contribution in [1.82, 2.24) is 4.98 Å². The van der Waals surface area contributed by atoms with E-state index >= 15 is 0 Å². The third-order valence-corrected chi connectivity index (χ3v) is 2.37. The van der Waals surface area contributed by atoms with Gasteiger partial charge in [0.25, 0.3) is 0 Å². The quantitative estimate of drug-likeness (QED) is 0.367. The number of hydrogen-bond acceptors (Lipinski definition) is 2. The van der Waals surface area contributed by atoms with Crippen LogP contribution in [0.2, 0.25) is 0 Å². The highest BCUT2D eigenvalue weighted by molar-refractivity contribution is 5.26. The van der Waals surface area contributed by atoms with Gasteiger partial charge in [-0.3, -0.25) is 4.98 Å². The number of pyridine rings is 1. The summed E-state index contributed by atoms with van der Waals surface area (Å²) in [5, 5.41) is 3.77. The lowest BCUT2D eigenvalue weighted by molar-refractivity contribution is 0.558. The molecule has 0 saturated heterocycles. The average molecular weight is 174 g/mol. The van der Waals surface area contributed by atoms with E-state index < -0.39 is 0 Å². The number of hydrogen-bond donors (Lipinski definition) is 0. The summed E-state index contributed by atoms with van der Waals surface area (Å²) in [5.41, 5.74) is 10.6. The van der Waals surface area contributed by atoms with E-state index in [1.807, 2.05) is 12.1 Å². The van der Waals surface area contributed by atoms with Crippen molar-refractivity contribution in [3.8, 4) is 0 Å². The lowest BCUT2D eigenvalue weighted by Gasteiger charge is -2.19. The fraction of sp³-hybridized carbons (Fsp3) is 0.444. The minimum Gasteiger partial charge on any atom is -0.261 e. The molecule has 4 nitrogen and oxygen atoms in total. The summed E-state index contributed by atoms with van der Waals surface area (Å²) in [5.74, 6) is 0. The maximum atomic E-state index is 8.38. The van der Waals surface area contributed by atoms with Gasteiger partial charge in [0, 0.05) is 16.8 Å². The first kappa shape index (κ1) is 8.08. The van der Waals surface area contributed by atoms with Crippen LogP contribution in [0.3, 0.4) is 0 Å². The molecule has 66 valence electrons. The minimum atomic E-state index is 0.00227. The smallest absolute Gasteiger partial charge is 0.0643 e. The van der Waals surface area contributed by atoms with Crippen LogP contribution in [0, 0.1) is 0 Å². The SMILES string of the molecule is [N-]=[N+]=N[C@@H]1CCCc2ncccc21. The molecule has 0 bridgehead atoms. The summed E-state index contributed by atoms with van der Waals surface area (Å²) in [4.78, 5) is 7.12. The van der Waals surface area contributed by atoms with Crippen molar-refractivity contribution in [3.05, 3.63) is 40.0 Å². The molecule has 1 aromatic rings. The molecule has 0 radical (unpaired) electrons. The summed E-state index contributed by atoms with van der Waals surface area (Å²) in [6, 6.07) is 3.90. The Hall–Kier alpha value is -1.54. The van der Waals surface area contributed by atoms with Crippen molar-refractivity contribution in [2.24, 2.45) is 5.11 Å². The van der Waals surface area contributed by atoms with E-state index in [1.54, 1.807) is 6.20 Å². The van der Waals surface area contributed by atoms with Crippen LogP contribution in [0.1, 0.15) is 30.1 Å². The van der Waals surface area contributed by atoms with Gasteiger partial charge in [-0.1, -0.05) is 11.2 Å². The number of nitrogens with zero attached hydrogens (tertiary/aromatic N) is 4. The summed E-state index contributed by atoms with van der Waals surface area (Å²) >= 11 is 0. The highest BCUT2D eigenvalue weighted by atomic mass is 15.1. The van der Waals surface area contributed by atoms with Gasteiger partial charge in [-0.05, 0) is 36.4 Å². The van der Waals surface area contributed by atoms with Crippen LogP contribution >= 0.6 is 0 Å². The Labute approximate surface area is 76.2 Å². The maximum absolute atomic E-state index is 8.38. The van der Waals surface area contributed by atoms with E-state index in [2.05, 4.69) is 15.0 Å². The molecular formula is C9H10N4. The van der Waals surface area contributed by atoms with Crippen molar-refractivity contribution >= 4 is 0 Å². The first-order valence-corrected chi connectivity index (χ1v) is 4.40. The summed E-state index contributed by atoms with van der Waals surface area (Å²) < 4.78 is 0. The van der Waals surface area contributed by atoms with E-state index in [1.165, 1.54) is 0 Å².